The fraction of sp³-hybridized carbons (Fsp3) is 0.300. The molecule has 7 heteroatoms. The van der Waals surface area contributed by atoms with Crippen LogP contribution in [-0.4, -0.2) is 34.6 Å². The molecule has 1 rings (SSSR count). The number of carbonyl (C=O) groups excluding carboxylic acids is 2. The average Bonchev–Trinajstić information content (AvgIpc) is 2.28. The number of anilines is 1. The lowest BCUT2D eigenvalue weighted by molar-refractivity contribution is -0.136. The Balaban J connectivity index is 2.58. The zero-order valence-electron chi connectivity index (χ0n) is 9.19. The molecule has 1 aromatic rings. The van der Waals surface area contributed by atoms with Crippen molar-refractivity contribution in [3.8, 4) is 0 Å². The van der Waals surface area contributed by atoms with E-state index >= 15 is 0 Å². The number of pyridine rings is 1. The molecule has 0 unspecified atom stereocenters. The molecule has 0 aliphatic carbocycles. The van der Waals surface area contributed by atoms with Crippen LogP contribution in [0.3, 0.4) is 0 Å². The summed E-state index contributed by atoms with van der Waals surface area (Å²) in [6.45, 7) is 1.44. The van der Waals surface area contributed by atoms with Crippen LogP contribution >= 0.6 is 0 Å². The number of amides is 2. The molecule has 1 heterocycles. The first-order valence-electron chi connectivity index (χ1n) is 4.95. The fourth-order valence-corrected chi connectivity index (χ4v) is 1.01. The van der Waals surface area contributed by atoms with Crippen molar-refractivity contribution in [2.24, 2.45) is 0 Å². The van der Waals surface area contributed by atoms with Gasteiger partial charge < -0.3 is 20.7 Å². The molecule has 17 heavy (non-hydrogen) atoms. The number of aromatic amines is 1. The lowest BCUT2D eigenvalue weighted by Crippen LogP contribution is -2.39. The van der Waals surface area contributed by atoms with E-state index in [2.05, 4.69) is 15.6 Å². The van der Waals surface area contributed by atoms with Gasteiger partial charge in [0.25, 0.3) is 0 Å². The molecule has 1 atom stereocenters. The van der Waals surface area contributed by atoms with Crippen molar-refractivity contribution >= 4 is 17.5 Å². The highest BCUT2D eigenvalue weighted by molar-refractivity contribution is 6.39. The lowest BCUT2D eigenvalue weighted by Gasteiger charge is -2.07. The fourth-order valence-electron chi connectivity index (χ4n) is 1.01. The van der Waals surface area contributed by atoms with Crippen molar-refractivity contribution in [2.75, 3.05) is 11.9 Å². The van der Waals surface area contributed by atoms with Crippen LogP contribution in [0.2, 0.25) is 0 Å². The maximum absolute atomic E-state index is 11.3. The first kappa shape index (κ1) is 12.9. The molecule has 0 spiro atoms. The standard InChI is InChI=1S/C10H13N3O4/c1-6(14)4-12-9(16)10(17)13-7-5-11-3-2-8(7)15/h2-3,5-6,14H,4H2,1H3,(H,11,15)(H,12,16)(H,13,17)/t6-/m0/s1. The number of aromatic nitrogens is 1. The SMILES string of the molecule is C[C@H](O)CNC(=O)C(=O)Nc1c[nH]ccc1=O. The van der Waals surface area contributed by atoms with Gasteiger partial charge in [-0.1, -0.05) is 0 Å². The van der Waals surface area contributed by atoms with E-state index in [0.29, 0.717) is 0 Å². The third-order valence-electron chi connectivity index (χ3n) is 1.84. The third-order valence-corrected chi connectivity index (χ3v) is 1.84. The van der Waals surface area contributed by atoms with Crippen molar-refractivity contribution in [3.05, 3.63) is 28.7 Å². The number of carbonyl (C=O) groups is 2. The summed E-state index contributed by atoms with van der Waals surface area (Å²) in [6.07, 6.45) is 1.94. The Morgan fingerprint density at radius 3 is 2.76 bits per heavy atom. The normalized spacial score (nSPS) is 11.6. The second kappa shape index (κ2) is 5.80. The van der Waals surface area contributed by atoms with Gasteiger partial charge in [0.1, 0.15) is 5.69 Å². The highest BCUT2D eigenvalue weighted by Crippen LogP contribution is 1.94. The summed E-state index contributed by atoms with van der Waals surface area (Å²) < 4.78 is 0. The van der Waals surface area contributed by atoms with Gasteiger partial charge in [-0.2, -0.15) is 0 Å². The van der Waals surface area contributed by atoms with Crippen molar-refractivity contribution in [3.63, 3.8) is 0 Å². The van der Waals surface area contributed by atoms with E-state index in [0.717, 1.165) is 0 Å². The van der Waals surface area contributed by atoms with Gasteiger partial charge in [-0.15, -0.1) is 0 Å². The van der Waals surface area contributed by atoms with E-state index in [4.69, 9.17) is 5.11 Å². The van der Waals surface area contributed by atoms with Crippen LogP contribution in [0.1, 0.15) is 6.92 Å². The van der Waals surface area contributed by atoms with Crippen molar-refractivity contribution in [1.82, 2.24) is 10.3 Å². The zero-order chi connectivity index (χ0) is 12.8. The number of aliphatic hydroxyl groups is 1. The quantitative estimate of drug-likeness (QED) is 0.497. The van der Waals surface area contributed by atoms with Gasteiger partial charge in [-0.05, 0) is 6.92 Å². The minimum atomic E-state index is -0.956. The second-order valence-electron chi connectivity index (χ2n) is 3.44. The highest BCUT2D eigenvalue weighted by atomic mass is 16.3. The topological polar surface area (TPSA) is 111 Å². The minimum absolute atomic E-state index is 0.00954. The van der Waals surface area contributed by atoms with Gasteiger partial charge in [0.2, 0.25) is 5.43 Å². The Morgan fingerprint density at radius 1 is 1.47 bits per heavy atom. The van der Waals surface area contributed by atoms with Crippen LogP contribution in [-0.2, 0) is 9.59 Å². The van der Waals surface area contributed by atoms with Crippen molar-refractivity contribution in [1.29, 1.82) is 0 Å². The molecule has 92 valence electrons. The Hall–Kier alpha value is -2.15. The Bertz CT molecular complexity index is 467. The summed E-state index contributed by atoms with van der Waals surface area (Å²) in [5.74, 6) is -1.86. The molecule has 1 aromatic heterocycles. The van der Waals surface area contributed by atoms with Gasteiger partial charge in [0.05, 0.1) is 6.10 Å². The van der Waals surface area contributed by atoms with Gasteiger partial charge in [-0.25, -0.2) is 0 Å². The zero-order valence-corrected chi connectivity index (χ0v) is 9.19. The summed E-state index contributed by atoms with van der Waals surface area (Å²) in [7, 11) is 0. The maximum atomic E-state index is 11.3. The molecule has 4 N–H and O–H groups in total. The monoisotopic (exact) mass is 239 g/mol. The molecule has 0 bridgehead atoms. The van der Waals surface area contributed by atoms with Crippen LogP contribution in [0.15, 0.2) is 23.3 Å². The molecule has 0 aromatic carbocycles. The molecule has 0 radical (unpaired) electrons. The Kier molecular flexibility index (Phi) is 4.41. The van der Waals surface area contributed by atoms with Crippen LogP contribution < -0.4 is 16.1 Å². The summed E-state index contributed by atoms with van der Waals surface area (Å²) in [4.78, 5) is 36.4. The molecule has 0 aliphatic rings. The molecule has 2 amide bonds. The van der Waals surface area contributed by atoms with Gasteiger partial charge in [0, 0.05) is 25.0 Å². The van der Waals surface area contributed by atoms with Crippen LogP contribution in [0.25, 0.3) is 0 Å². The van der Waals surface area contributed by atoms with Crippen LogP contribution in [0.5, 0.6) is 0 Å². The number of rotatable bonds is 3. The Morgan fingerprint density at radius 2 is 2.18 bits per heavy atom. The molecule has 0 aliphatic heterocycles. The van der Waals surface area contributed by atoms with E-state index < -0.39 is 23.3 Å². The number of H-pyrrole nitrogens is 1. The second-order valence-corrected chi connectivity index (χ2v) is 3.44. The van der Waals surface area contributed by atoms with Crippen molar-refractivity contribution in [2.45, 2.75) is 13.0 Å². The third kappa shape index (κ3) is 4.07. The van der Waals surface area contributed by atoms with E-state index in [-0.39, 0.29) is 12.2 Å². The molecular formula is C10H13N3O4. The van der Waals surface area contributed by atoms with Gasteiger partial charge >= 0.3 is 11.8 Å². The highest BCUT2D eigenvalue weighted by Gasteiger charge is 2.14. The summed E-state index contributed by atoms with van der Waals surface area (Å²) in [6, 6.07) is 1.23. The number of hydrogen-bond acceptors (Lipinski definition) is 4. The van der Waals surface area contributed by atoms with E-state index in [1.165, 1.54) is 25.4 Å². The average molecular weight is 239 g/mol. The molecule has 0 saturated carbocycles. The number of hydrogen-bond donors (Lipinski definition) is 4. The summed E-state index contributed by atoms with van der Waals surface area (Å²) in [5, 5.41) is 13.3. The first-order chi connectivity index (χ1) is 8.00. The van der Waals surface area contributed by atoms with E-state index in [1.54, 1.807) is 0 Å². The lowest BCUT2D eigenvalue weighted by atomic mass is 10.3. The molecule has 7 nitrogen and oxygen atoms in total. The van der Waals surface area contributed by atoms with Crippen molar-refractivity contribution < 1.29 is 14.7 Å². The Labute approximate surface area is 96.9 Å². The molecule has 0 saturated heterocycles. The van der Waals surface area contributed by atoms with Gasteiger partial charge in [0.15, 0.2) is 0 Å². The molecule has 0 fully saturated rings. The summed E-state index contributed by atoms with van der Waals surface area (Å²) in [5.41, 5.74) is -0.412. The number of nitrogens with one attached hydrogen (secondary N) is 3. The molecular weight excluding hydrogens is 226 g/mol. The van der Waals surface area contributed by atoms with E-state index in [9.17, 15) is 14.4 Å². The summed E-state index contributed by atoms with van der Waals surface area (Å²) >= 11 is 0. The predicted molar refractivity (Wildman–Crippen MR) is 60.4 cm³/mol. The number of aliphatic hydroxyl groups excluding tert-OH is 1. The van der Waals surface area contributed by atoms with E-state index in [1.807, 2.05) is 0 Å². The maximum Gasteiger partial charge on any atom is 0.313 e. The predicted octanol–water partition coefficient (Wildman–Crippen LogP) is -1.19. The van der Waals surface area contributed by atoms with Gasteiger partial charge in [-0.3, -0.25) is 14.4 Å². The largest absolute Gasteiger partial charge is 0.392 e. The minimum Gasteiger partial charge on any atom is -0.392 e. The van der Waals surface area contributed by atoms with Crippen LogP contribution in [0, 0.1) is 0 Å². The van der Waals surface area contributed by atoms with Crippen LogP contribution in [0.4, 0.5) is 5.69 Å². The first-order valence-corrected chi connectivity index (χ1v) is 4.95. The smallest absolute Gasteiger partial charge is 0.313 e.